The SMILES string of the molecule is Cn1[c-][n+](Cc2ccccc2P(C2CCCCC2)C2CCCCC2)cc1. The van der Waals surface area contributed by atoms with Crippen LogP contribution in [0.15, 0.2) is 36.7 Å². The Morgan fingerprint density at radius 1 is 0.962 bits per heavy atom. The lowest BCUT2D eigenvalue weighted by molar-refractivity contribution is -0.691. The maximum atomic E-state index is 3.39. The molecule has 2 aliphatic rings. The molecular formula is C23H33N2P. The van der Waals surface area contributed by atoms with Gasteiger partial charge < -0.3 is 9.13 Å². The molecule has 2 fully saturated rings. The molecule has 0 unspecified atom stereocenters. The molecule has 2 aliphatic carbocycles. The Morgan fingerprint density at radius 3 is 2.15 bits per heavy atom. The van der Waals surface area contributed by atoms with Gasteiger partial charge in [0.1, 0.15) is 0 Å². The fourth-order valence-electron chi connectivity index (χ4n) is 5.03. The van der Waals surface area contributed by atoms with Gasteiger partial charge in [-0.05, 0) is 60.3 Å². The van der Waals surface area contributed by atoms with Crippen LogP contribution in [-0.4, -0.2) is 15.9 Å². The van der Waals surface area contributed by atoms with Gasteiger partial charge in [-0.15, -0.1) is 0 Å². The van der Waals surface area contributed by atoms with Crippen LogP contribution in [0, 0.1) is 6.33 Å². The van der Waals surface area contributed by atoms with Gasteiger partial charge in [0, 0.05) is 0 Å². The van der Waals surface area contributed by atoms with Gasteiger partial charge >= 0.3 is 0 Å². The van der Waals surface area contributed by atoms with Crippen molar-refractivity contribution in [2.75, 3.05) is 0 Å². The van der Waals surface area contributed by atoms with E-state index >= 15 is 0 Å². The van der Waals surface area contributed by atoms with Crippen LogP contribution in [-0.2, 0) is 13.6 Å². The molecule has 0 N–H and O–H groups in total. The molecule has 0 amide bonds. The quantitative estimate of drug-likeness (QED) is 0.402. The maximum Gasteiger partial charge on any atom is 0.203 e. The molecule has 0 saturated heterocycles. The van der Waals surface area contributed by atoms with E-state index in [2.05, 4.69) is 54.6 Å². The van der Waals surface area contributed by atoms with Crippen molar-refractivity contribution in [2.45, 2.75) is 82.1 Å². The summed E-state index contributed by atoms with van der Waals surface area (Å²) >= 11 is 0. The zero-order valence-corrected chi connectivity index (χ0v) is 17.1. The number of imidazole rings is 1. The van der Waals surface area contributed by atoms with Crippen LogP contribution in [0.4, 0.5) is 0 Å². The first-order valence-electron chi connectivity index (χ1n) is 10.6. The highest BCUT2D eigenvalue weighted by Gasteiger charge is 2.33. The van der Waals surface area contributed by atoms with E-state index in [0.717, 1.165) is 17.9 Å². The summed E-state index contributed by atoms with van der Waals surface area (Å²) in [7, 11) is 2.02. The summed E-state index contributed by atoms with van der Waals surface area (Å²) in [5.74, 6) is 0. The Balaban J connectivity index is 1.65. The Morgan fingerprint density at radius 2 is 1.58 bits per heavy atom. The molecule has 3 heteroatoms. The van der Waals surface area contributed by atoms with Crippen LogP contribution >= 0.6 is 7.92 Å². The van der Waals surface area contributed by atoms with Gasteiger partial charge in [0.25, 0.3) is 0 Å². The van der Waals surface area contributed by atoms with Crippen molar-refractivity contribution in [1.29, 1.82) is 0 Å². The molecule has 4 rings (SSSR count). The standard InChI is InChI=1S/C23H33N2P/c1-24-16-17-25(19-24)18-20-10-8-9-15-23(20)26(21-11-4-2-5-12-21)22-13-6-3-7-14-22/h8-10,15-17,21-22H,2-7,11-14,18H2,1H3. The van der Waals surface area contributed by atoms with Crippen molar-refractivity contribution >= 4 is 13.2 Å². The van der Waals surface area contributed by atoms with Crippen molar-refractivity contribution in [2.24, 2.45) is 7.05 Å². The third-order valence-corrected chi connectivity index (χ3v) is 9.90. The number of aryl methyl sites for hydroxylation is 1. The molecule has 2 nitrogen and oxygen atoms in total. The zero-order chi connectivity index (χ0) is 17.8. The highest BCUT2D eigenvalue weighted by Crippen LogP contribution is 2.55. The van der Waals surface area contributed by atoms with E-state index in [-0.39, 0.29) is 7.92 Å². The first-order chi connectivity index (χ1) is 12.8. The number of hydrogen-bond donors (Lipinski definition) is 0. The van der Waals surface area contributed by atoms with Crippen molar-refractivity contribution in [3.05, 3.63) is 48.5 Å². The topological polar surface area (TPSA) is 8.81 Å². The van der Waals surface area contributed by atoms with Crippen molar-refractivity contribution in [1.82, 2.24) is 4.57 Å². The minimum absolute atomic E-state index is 0.0363. The summed E-state index contributed by atoms with van der Waals surface area (Å²) in [5.41, 5.74) is 3.47. The van der Waals surface area contributed by atoms with Crippen LogP contribution in [0.2, 0.25) is 0 Å². The molecule has 2 aromatic rings. The molecule has 0 aliphatic heterocycles. The van der Waals surface area contributed by atoms with Gasteiger partial charge in [-0.3, -0.25) is 0 Å². The molecule has 0 atom stereocenters. The first-order valence-corrected chi connectivity index (χ1v) is 12.1. The summed E-state index contributed by atoms with van der Waals surface area (Å²) in [6.07, 6.45) is 22.3. The molecule has 1 aromatic carbocycles. The van der Waals surface area contributed by atoms with Crippen LogP contribution in [0.5, 0.6) is 0 Å². The molecule has 2 saturated carbocycles. The lowest BCUT2D eigenvalue weighted by Gasteiger charge is -2.39. The van der Waals surface area contributed by atoms with E-state index in [1.165, 1.54) is 64.2 Å². The van der Waals surface area contributed by atoms with E-state index in [1.54, 1.807) is 10.9 Å². The second kappa shape index (κ2) is 8.70. The van der Waals surface area contributed by atoms with E-state index in [0.29, 0.717) is 0 Å². The lowest BCUT2D eigenvalue weighted by atomic mass is 9.99. The molecule has 1 heterocycles. The molecule has 0 radical (unpaired) electrons. The summed E-state index contributed by atoms with van der Waals surface area (Å²) in [4.78, 5) is 0. The second-order valence-corrected chi connectivity index (χ2v) is 11.0. The first kappa shape index (κ1) is 18.2. The van der Waals surface area contributed by atoms with Crippen LogP contribution in [0.3, 0.4) is 0 Å². The number of aromatic nitrogens is 2. The Hall–Kier alpha value is -1.14. The van der Waals surface area contributed by atoms with E-state index < -0.39 is 0 Å². The summed E-state index contributed by atoms with van der Waals surface area (Å²) < 4.78 is 4.24. The molecule has 1 aromatic heterocycles. The highest BCUT2D eigenvalue weighted by atomic mass is 31.1. The summed E-state index contributed by atoms with van der Waals surface area (Å²) in [6.45, 7) is 0.968. The smallest absolute Gasteiger partial charge is 0.203 e. The van der Waals surface area contributed by atoms with Crippen molar-refractivity contribution in [3.8, 4) is 0 Å². The summed E-state index contributed by atoms with van der Waals surface area (Å²) in [5, 5.41) is 1.71. The second-order valence-electron chi connectivity index (χ2n) is 8.26. The fourth-order valence-corrected chi connectivity index (χ4v) is 8.99. The normalized spacial score (nSPS) is 19.9. The van der Waals surface area contributed by atoms with Gasteiger partial charge in [-0.2, -0.15) is 0 Å². The Bertz CT molecular complexity index is 678. The van der Waals surface area contributed by atoms with E-state index in [1.807, 2.05) is 4.57 Å². The van der Waals surface area contributed by atoms with Gasteiger partial charge in [0.15, 0.2) is 0 Å². The minimum atomic E-state index is -0.0363. The molecule has 26 heavy (non-hydrogen) atoms. The number of nitrogens with zero attached hydrogens (tertiary/aromatic N) is 2. The fraction of sp³-hybridized carbons (Fsp3) is 0.609. The minimum Gasteiger partial charge on any atom is -0.354 e. The third kappa shape index (κ3) is 4.22. The maximum absolute atomic E-state index is 3.39. The van der Waals surface area contributed by atoms with Crippen LogP contribution in [0.25, 0.3) is 0 Å². The van der Waals surface area contributed by atoms with Crippen molar-refractivity contribution in [3.63, 3.8) is 0 Å². The summed E-state index contributed by atoms with van der Waals surface area (Å²) in [6, 6.07) is 9.38. The number of rotatable bonds is 5. The third-order valence-electron chi connectivity index (χ3n) is 6.30. The van der Waals surface area contributed by atoms with Crippen LogP contribution < -0.4 is 9.87 Å². The predicted molar refractivity (Wildman–Crippen MR) is 110 cm³/mol. The Kier molecular flexibility index (Phi) is 6.10. The van der Waals surface area contributed by atoms with Crippen molar-refractivity contribution < 1.29 is 4.57 Å². The Labute approximate surface area is 160 Å². The predicted octanol–water partition coefficient (Wildman–Crippen LogP) is 4.93. The van der Waals surface area contributed by atoms with Gasteiger partial charge in [-0.1, -0.05) is 70.7 Å². The molecule has 0 spiro atoms. The average molecular weight is 369 g/mol. The molecular weight excluding hydrogens is 335 g/mol. The zero-order valence-electron chi connectivity index (χ0n) is 16.2. The van der Waals surface area contributed by atoms with Gasteiger partial charge in [0.05, 0.1) is 13.6 Å². The van der Waals surface area contributed by atoms with Gasteiger partial charge in [0.2, 0.25) is 6.33 Å². The lowest BCUT2D eigenvalue weighted by Crippen LogP contribution is -2.36. The number of hydrogen-bond acceptors (Lipinski definition) is 0. The van der Waals surface area contributed by atoms with E-state index in [9.17, 15) is 0 Å². The average Bonchev–Trinajstić information content (AvgIpc) is 3.10. The molecule has 140 valence electrons. The van der Waals surface area contributed by atoms with E-state index in [4.69, 9.17) is 0 Å². The van der Waals surface area contributed by atoms with Crippen LogP contribution in [0.1, 0.15) is 69.8 Å². The number of benzene rings is 1. The molecule has 0 bridgehead atoms. The van der Waals surface area contributed by atoms with Gasteiger partial charge in [-0.25, -0.2) is 0 Å². The highest BCUT2D eigenvalue weighted by molar-refractivity contribution is 7.67. The largest absolute Gasteiger partial charge is 0.354 e. The monoisotopic (exact) mass is 368 g/mol.